The lowest BCUT2D eigenvalue weighted by Crippen LogP contribution is -2.41. The third-order valence-corrected chi connectivity index (χ3v) is 2.39. The van der Waals surface area contributed by atoms with E-state index in [-0.39, 0.29) is 12.6 Å². The number of carboxylic acids is 1. The normalized spacial score (nSPS) is 14.4. The molecule has 1 aromatic carbocycles. The van der Waals surface area contributed by atoms with Crippen LogP contribution < -0.4 is 5.32 Å². The third kappa shape index (κ3) is 2.40. The molecule has 1 heterocycles. The first kappa shape index (κ1) is 12.3. The van der Waals surface area contributed by atoms with E-state index in [0.717, 1.165) is 6.92 Å². The summed E-state index contributed by atoms with van der Waals surface area (Å²) in [5, 5.41) is 20.7. The van der Waals surface area contributed by atoms with Gasteiger partial charge in [0.15, 0.2) is 11.2 Å². The molecule has 0 aliphatic rings. The molecule has 1 aromatic heterocycles. The van der Waals surface area contributed by atoms with Crippen LogP contribution in [0.5, 0.6) is 0 Å². The molecular weight excluding hydrogens is 243 g/mol. The number of fused-ring (bicyclic) bond motifs is 1. The standard InChI is InChI=1S/C11H11FN2O4/c1-11(17,9(15)16)5-13-10-14-7-4-6(12)2-3-8(7)18-10/h2-4,17H,5H2,1H3,(H,13,14)(H,15,16). The molecule has 0 radical (unpaired) electrons. The summed E-state index contributed by atoms with van der Waals surface area (Å²) in [5.74, 6) is -1.81. The van der Waals surface area contributed by atoms with E-state index in [0.29, 0.717) is 11.1 Å². The highest BCUT2D eigenvalue weighted by atomic mass is 19.1. The molecule has 0 saturated heterocycles. The van der Waals surface area contributed by atoms with E-state index in [1.165, 1.54) is 18.2 Å². The van der Waals surface area contributed by atoms with Gasteiger partial charge >= 0.3 is 5.97 Å². The van der Waals surface area contributed by atoms with Crippen molar-refractivity contribution >= 4 is 23.1 Å². The summed E-state index contributed by atoms with van der Waals surface area (Å²) >= 11 is 0. The van der Waals surface area contributed by atoms with Crippen molar-refractivity contribution in [2.45, 2.75) is 12.5 Å². The van der Waals surface area contributed by atoms with Crippen LogP contribution in [0.1, 0.15) is 6.92 Å². The van der Waals surface area contributed by atoms with Crippen LogP contribution in [0.3, 0.4) is 0 Å². The van der Waals surface area contributed by atoms with Crippen LogP contribution in [-0.2, 0) is 4.79 Å². The number of oxazole rings is 1. The summed E-state index contributed by atoms with van der Waals surface area (Å²) in [6.07, 6.45) is 0. The van der Waals surface area contributed by atoms with Crippen LogP contribution in [0.4, 0.5) is 10.4 Å². The lowest BCUT2D eigenvalue weighted by Gasteiger charge is -2.17. The van der Waals surface area contributed by atoms with Gasteiger partial charge in [-0.1, -0.05) is 0 Å². The van der Waals surface area contributed by atoms with Crippen molar-refractivity contribution in [2.75, 3.05) is 11.9 Å². The molecule has 1 atom stereocenters. The molecule has 0 amide bonds. The first-order valence-electron chi connectivity index (χ1n) is 5.14. The van der Waals surface area contributed by atoms with Crippen LogP contribution in [-0.4, -0.2) is 33.3 Å². The molecule has 0 aliphatic carbocycles. The monoisotopic (exact) mass is 254 g/mol. The van der Waals surface area contributed by atoms with Crippen molar-refractivity contribution in [3.05, 3.63) is 24.0 Å². The van der Waals surface area contributed by atoms with Crippen molar-refractivity contribution in [1.82, 2.24) is 4.98 Å². The highest BCUT2D eigenvalue weighted by molar-refractivity contribution is 5.77. The molecule has 18 heavy (non-hydrogen) atoms. The smallest absolute Gasteiger partial charge is 0.337 e. The molecule has 0 bridgehead atoms. The third-order valence-electron chi connectivity index (χ3n) is 2.39. The van der Waals surface area contributed by atoms with Gasteiger partial charge in [-0.2, -0.15) is 4.98 Å². The predicted molar refractivity (Wildman–Crippen MR) is 60.7 cm³/mol. The first-order valence-corrected chi connectivity index (χ1v) is 5.14. The van der Waals surface area contributed by atoms with E-state index in [2.05, 4.69) is 10.3 Å². The predicted octanol–water partition coefficient (Wildman–Crippen LogP) is 1.21. The Morgan fingerprint density at radius 1 is 1.61 bits per heavy atom. The first-order chi connectivity index (χ1) is 8.38. The second-order valence-electron chi connectivity index (χ2n) is 4.06. The van der Waals surface area contributed by atoms with Crippen LogP contribution in [0.25, 0.3) is 11.1 Å². The fourth-order valence-electron chi connectivity index (χ4n) is 1.30. The molecule has 2 rings (SSSR count). The fraction of sp³-hybridized carbons (Fsp3) is 0.273. The SMILES string of the molecule is CC(O)(CNc1nc2cc(F)ccc2o1)C(=O)O. The van der Waals surface area contributed by atoms with Gasteiger partial charge in [0.1, 0.15) is 11.3 Å². The fourth-order valence-corrected chi connectivity index (χ4v) is 1.30. The highest BCUT2D eigenvalue weighted by Crippen LogP contribution is 2.20. The molecule has 96 valence electrons. The summed E-state index contributed by atoms with van der Waals surface area (Å²) < 4.78 is 18.1. The zero-order valence-electron chi connectivity index (χ0n) is 9.48. The molecule has 1 unspecified atom stereocenters. The minimum absolute atomic E-state index is 0.0251. The Labute approximate surface area is 101 Å². The summed E-state index contributed by atoms with van der Waals surface area (Å²) in [4.78, 5) is 14.6. The number of carbonyl (C=O) groups is 1. The Morgan fingerprint density at radius 3 is 3.00 bits per heavy atom. The van der Waals surface area contributed by atoms with Gasteiger partial charge in [-0.3, -0.25) is 0 Å². The number of carboxylic acid groups (broad SMARTS) is 1. The molecule has 0 spiro atoms. The Bertz CT molecular complexity index is 594. The van der Waals surface area contributed by atoms with Gasteiger partial charge in [-0.15, -0.1) is 0 Å². The van der Waals surface area contributed by atoms with E-state index in [1.807, 2.05) is 0 Å². The quantitative estimate of drug-likeness (QED) is 0.759. The minimum atomic E-state index is -1.94. The second-order valence-corrected chi connectivity index (χ2v) is 4.06. The van der Waals surface area contributed by atoms with E-state index < -0.39 is 17.4 Å². The van der Waals surface area contributed by atoms with Gasteiger partial charge < -0.3 is 19.9 Å². The van der Waals surface area contributed by atoms with Crippen LogP contribution >= 0.6 is 0 Å². The number of anilines is 1. The molecule has 0 saturated carbocycles. The van der Waals surface area contributed by atoms with Crippen molar-refractivity contribution in [3.8, 4) is 0 Å². The van der Waals surface area contributed by atoms with Gasteiger partial charge in [-0.05, 0) is 19.1 Å². The summed E-state index contributed by atoms with van der Waals surface area (Å²) in [7, 11) is 0. The largest absolute Gasteiger partial charge is 0.479 e. The lowest BCUT2D eigenvalue weighted by molar-refractivity contribution is -0.155. The average Bonchev–Trinajstić information content (AvgIpc) is 2.68. The zero-order valence-corrected chi connectivity index (χ0v) is 9.48. The second kappa shape index (κ2) is 4.26. The Balaban J connectivity index is 2.15. The molecule has 6 nitrogen and oxygen atoms in total. The topological polar surface area (TPSA) is 95.6 Å². The maximum atomic E-state index is 12.9. The number of hydrogen-bond donors (Lipinski definition) is 3. The summed E-state index contributed by atoms with van der Waals surface area (Å²) in [5.41, 5.74) is -1.26. The molecule has 2 aromatic rings. The van der Waals surface area contributed by atoms with Crippen LogP contribution in [0.15, 0.2) is 22.6 Å². The number of halogens is 1. The number of hydrogen-bond acceptors (Lipinski definition) is 5. The van der Waals surface area contributed by atoms with Crippen LogP contribution in [0.2, 0.25) is 0 Å². The number of aliphatic hydroxyl groups is 1. The molecule has 0 aliphatic heterocycles. The maximum absolute atomic E-state index is 12.9. The van der Waals surface area contributed by atoms with Crippen molar-refractivity contribution in [3.63, 3.8) is 0 Å². The number of nitrogens with one attached hydrogen (secondary N) is 1. The number of rotatable bonds is 4. The molecule has 0 fully saturated rings. The average molecular weight is 254 g/mol. The summed E-state index contributed by atoms with van der Waals surface area (Å²) in [6.45, 7) is 0.863. The zero-order chi connectivity index (χ0) is 13.3. The van der Waals surface area contributed by atoms with Crippen molar-refractivity contribution in [2.24, 2.45) is 0 Å². The van der Waals surface area contributed by atoms with Gasteiger partial charge in [0, 0.05) is 6.07 Å². The maximum Gasteiger partial charge on any atom is 0.337 e. The Kier molecular flexibility index (Phi) is 2.92. The van der Waals surface area contributed by atoms with Crippen molar-refractivity contribution < 1.29 is 23.8 Å². The number of benzene rings is 1. The Morgan fingerprint density at radius 2 is 2.33 bits per heavy atom. The minimum Gasteiger partial charge on any atom is -0.479 e. The molecule has 3 N–H and O–H groups in total. The van der Waals surface area contributed by atoms with E-state index in [1.54, 1.807) is 0 Å². The summed E-state index contributed by atoms with van der Waals surface area (Å²) in [6, 6.07) is 3.86. The van der Waals surface area contributed by atoms with Gasteiger partial charge in [-0.25, -0.2) is 9.18 Å². The van der Waals surface area contributed by atoms with E-state index in [9.17, 15) is 14.3 Å². The highest BCUT2D eigenvalue weighted by Gasteiger charge is 2.30. The van der Waals surface area contributed by atoms with E-state index in [4.69, 9.17) is 9.52 Å². The lowest BCUT2D eigenvalue weighted by atomic mass is 10.1. The Hall–Kier alpha value is -2.15. The van der Waals surface area contributed by atoms with E-state index >= 15 is 0 Å². The van der Waals surface area contributed by atoms with Gasteiger partial charge in [0.25, 0.3) is 6.01 Å². The number of nitrogens with zero attached hydrogens (tertiary/aromatic N) is 1. The number of aromatic nitrogens is 1. The van der Waals surface area contributed by atoms with Crippen molar-refractivity contribution in [1.29, 1.82) is 0 Å². The van der Waals surface area contributed by atoms with Crippen LogP contribution in [0, 0.1) is 5.82 Å². The molecular formula is C11H11FN2O4. The number of aliphatic carboxylic acids is 1. The van der Waals surface area contributed by atoms with Gasteiger partial charge in [0.2, 0.25) is 0 Å². The van der Waals surface area contributed by atoms with Gasteiger partial charge in [0.05, 0.1) is 6.54 Å². The molecule has 7 heteroatoms.